The number of nitrogens with one attached hydrogen (secondary N) is 1. The van der Waals surface area contributed by atoms with Crippen molar-refractivity contribution in [1.29, 1.82) is 0 Å². The second-order valence-corrected chi connectivity index (χ2v) is 4.31. The number of fused-ring (bicyclic) bond motifs is 1. The van der Waals surface area contributed by atoms with Gasteiger partial charge in [0.15, 0.2) is 0 Å². The Hall–Kier alpha value is -1.81. The molecule has 0 aliphatic carbocycles. The number of carbonyl (C=O) groups is 1. The highest BCUT2D eigenvalue weighted by atomic mass is 16.2. The van der Waals surface area contributed by atoms with Crippen LogP contribution in [0.3, 0.4) is 0 Å². The van der Waals surface area contributed by atoms with Crippen molar-refractivity contribution >= 4 is 16.8 Å². The van der Waals surface area contributed by atoms with Gasteiger partial charge in [-0.2, -0.15) is 0 Å². The van der Waals surface area contributed by atoms with E-state index < -0.39 is 0 Å². The third-order valence-corrected chi connectivity index (χ3v) is 3.42. The quantitative estimate of drug-likeness (QED) is 0.468. The molecule has 0 radical (unpaired) electrons. The molecule has 0 bridgehead atoms. The third kappa shape index (κ3) is 1.70. The van der Waals surface area contributed by atoms with Gasteiger partial charge in [0.25, 0.3) is 0 Å². The number of amides is 1. The zero-order valence-corrected chi connectivity index (χ0v) is 10.3. The third-order valence-electron chi connectivity index (χ3n) is 3.42. The van der Waals surface area contributed by atoms with Crippen LogP contribution in [0.5, 0.6) is 0 Å². The van der Waals surface area contributed by atoms with E-state index in [1.54, 1.807) is 0 Å². The number of rotatable bonds is 2. The van der Waals surface area contributed by atoms with Gasteiger partial charge in [0, 0.05) is 23.6 Å². The Morgan fingerprint density at radius 3 is 2.71 bits per heavy atom. The van der Waals surface area contributed by atoms with Gasteiger partial charge >= 0.3 is 0 Å². The average Bonchev–Trinajstić information content (AvgIpc) is 2.61. The molecule has 17 heavy (non-hydrogen) atoms. The lowest BCUT2D eigenvalue weighted by Crippen LogP contribution is -2.33. The summed E-state index contributed by atoms with van der Waals surface area (Å²) in [6.45, 7) is 3.90. The number of nitrogens with two attached hydrogens (primary N) is 1. The van der Waals surface area contributed by atoms with Crippen LogP contribution < -0.4 is 11.3 Å². The summed E-state index contributed by atoms with van der Waals surface area (Å²) in [5, 5.41) is 1.11. The zero-order chi connectivity index (χ0) is 12.6. The van der Waals surface area contributed by atoms with Crippen LogP contribution in [-0.2, 0) is 11.8 Å². The molecule has 90 valence electrons. The minimum atomic E-state index is -0.244. The molecule has 1 heterocycles. The van der Waals surface area contributed by atoms with E-state index in [-0.39, 0.29) is 11.8 Å². The molecule has 0 saturated heterocycles. The summed E-state index contributed by atoms with van der Waals surface area (Å²) in [6.07, 6.45) is 0. The van der Waals surface area contributed by atoms with Crippen LogP contribution >= 0.6 is 0 Å². The normalized spacial score (nSPS) is 12.7. The van der Waals surface area contributed by atoms with E-state index in [1.807, 2.05) is 39.1 Å². The van der Waals surface area contributed by atoms with Crippen LogP contribution in [0, 0.1) is 6.92 Å². The Labute approximate surface area is 100 Å². The zero-order valence-electron chi connectivity index (χ0n) is 10.3. The molecule has 0 saturated carbocycles. The maximum Gasteiger partial charge on any atom is 0.241 e. The first-order chi connectivity index (χ1) is 8.07. The summed E-state index contributed by atoms with van der Waals surface area (Å²) >= 11 is 0. The summed E-state index contributed by atoms with van der Waals surface area (Å²) in [6, 6.07) is 8.08. The topological polar surface area (TPSA) is 60.1 Å². The van der Waals surface area contributed by atoms with Gasteiger partial charge < -0.3 is 4.57 Å². The number of carbonyl (C=O) groups excluding carboxylic acids is 1. The Morgan fingerprint density at radius 2 is 2.06 bits per heavy atom. The molecule has 0 aliphatic heterocycles. The van der Waals surface area contributed by atoms with Gasteiger partial charge in [-0.05, 0) is 25.5 Å². The van der Waals surface area contributed by atoms with Gasteiger partial charge in [-0.1, -0.05) is 18.2 Å². The highest BCUT2D eigenvalue weighted by Gasteiger charge is 2.21. The summed E-state index contributed by atoms with van der Waals surface area (Å²) in [5.41, 5.74) is 5.50. The molecule has 4 heteroatoms. The lowest BCUT2D eigenvalue weighted by atomic mass is 9.97. The van der Waals surface area contributed by atoms with E-state index in [0.717, 1.165) is 22.2 Å². The van der Waals surface area contributed by atoms with E-state index >= 15 is 0 Å². The minimum Gasteiger partial charge on any atom is -0.348 e. The van der Waals surface area contributed by atoms with Crippen molar-refractivity contribution < 1.29 is 4.79 Å². The fourth-order valence-corrected chi connectivity index (χ4v) is 2.35. The van der Waals surface area contributed by atoms with Crippen molar-refractivity contribution in [3.63, 3.8) is 0 Å². The average molecular weight is 231 g/mol. The SMILES string of the molecule is Cc1c(C(C)C(=O)NN)c2ccccc2n1C. The van der Waals surface area contributed by atoms with E-state index in [9.17, 15) is 4.79 Å². The van der Waals surface area contributed by atoms with Gasteiger partial charge in [-0.25, -0.2) is 5.84 Å². The monoisotopic (exact) mass is 231 g/mol. The summed E-state index contributed by atoms with van der Waals surface area (Å²) in [7, 11) is 2.01. The fraction of sp³-hybridized carbons (Fsp3) is 0.308. The highest BCUT2D eigenvalue weighted by molar-refractivity contribution is 5.93. The highest BCUT2D eigenvalue weighted by Crippen LogP contribution is 2.30. The molecule has 2 aromatic rings. The van der Waals surface area contributed by atoms with Crippen molar-refractivity contribution in [2.24, 2.45) is 12.9 Å². The molecule has 3 N–H and O–H groups in total. The molecular formula is C13H17N3O. The largest absolute Gasteiger partial charge is 0.348 e. The van der Waals surface area contributed by atoms with Crippen LogP contribution in [-0.4, -0.2) is 10.5 Å². The van der Waals surface area contributed by atoms with Crippen LogP contribution in [0.2, 0.25) is 0 Å². The van der Waals surface area contributed by atoms with Crippen LogP contribution in [0.1, 0.15) is 24.1 Å². The van der Waals surface area contributed by atoms with Crippen molar-refractivity contribution in [3.05, 3.63) is 35.5 Å². The number of aryl methyl sites for hydroxylation is 1. The molecule has 1 unspecified atom stereocenters. The van der Waals surface area contributed by atoms with Crippen molar-refractivity contribution in [2.75, 3.05) is 0 Å². The number of nitrogens with zero attached hydrogens (tertiary/aromatic N) is 1. The number of hydrogen-bond acceptors (Lipinski definition) is 2. The number of para-hydroxylation sites is 1. The van der Waals surface area contributed by atoms with Gasteiger partial charge in [0.05, 0.1) is 5.92 Å². The van der Waals surface area contributed by atoms with E-state index in [1.165, 1.54) is 0 Å². The number of hydrogen-bond donors (Lipinski definition) is 2. The van der Waals surface area contributed by atoms with Gasteiger partial charge in [-0.3, -0.25) is 10.2 Å². The maximum absolute atomic E-state index is 11.7. The first kappa shape index (κ1) is 11.7. The Bertz CT molecular complexity index is 571. The van der Waals surface area contributed by atoms with E-state index in [4.69, 9.17) is 5.84 Å². The molecule has 0 spiro atoms. The van der Waals surface area contributed by atoms with E-state index in [2.05, 4.69) is 16.1 Å². The Balaban J connectivity index is 2.69. The predicted molar refractivity (Wildman–Crippen MR) is 68.4 cm³/mol. The first-order valence-corrected chi connectivity index (χ1v) is 5.62. The van der Waals surface area contributed by atoms with Crippen molar-refractivity contribution in [1.82, 2.24) is 9.99 Å². The molecule has 2 rings (SSSR count). The molecule has 1 amide bonds. The molecule has 1 aromatic heterocycles. The molecule has 4 nitrogen and oxygen atoms in total. The second-order valence-electron chi connectivity index (χ2n) is 4.31. The van der Waals surface area contributed by atoms with Crippen LogP contribution in [0.15, 0.2) is 24.3 Å². The lowest BCUT2D eigenvalue weighted by Gasteiger charge is -2.10. The number of hydrazine groups is 1. The fourth-order valence-electron chi connectivity index (χ4n) is 2.35. The summed E-state index contributed by atoms with van der Waals surface area (Å²) in [4.78, 5) is 11.7. The molecular weight excluding hydrogens is 214 g/mol. The van der Waals surface area contributed by atoms with E-state index in [0.29, 0.717) is 0 Å². The second kappa shape index (κ2) is 4.22. The molecule has 0 fully saturated rings. The number of aromatic nitrogens is 1. The Morgan fingerprint density at radius 1 is 1.41 bits per heavy atom. The van der Waals surface area contributed by atoms with Crippen LogP contribution in [0.25, 0.3) is 10.9 Å². The summed E-state index contributed by atoms with van der Waals surface area (Å²) in [5.74, 6) is 4.80. The maximum atomic E-state index is 11.7. The molecule has 1 atom stereocenters. The van der Waals surface area contributed by atoms with Gasteiger partial charge in [-0.15, -0.1) is 0 Å². The molecule has 0 aliphatic rings. The lowest BCUT2D eigenvalue weighted by molar-refractivity contribution is -0.122. The van der Waals surface area contributed by atoms with Gasteiger partial charge in [0.2, 0.25) is 5.91 Å². The molecule has 1 aromatic carbocycles. The number of benzene rings is 1. The first-order valence-electron chi connectivity index (χ1n) is 5.62. The van der Waals surface area contributed by atoms with Crippen molar-refractivity contribution in [3.8, 4) is 0 Å². The standard InChI is InChI=1S/C13H17N3O/c1-8(13(17)15-14)12-9(2)16(3)11-7-5-4-6-10(11)12/h4-8H,14H2,1-3H3,(H,15,17). The Kier molecular flexibility index (Phi) is 2.90. The summed E-state index contributed by atoms with van der Waals surface area (Å²) < 4.78 is 2.10. The van der Waals surface area contributed by atoms with Crippen molar-refractivity contribution in [2.45, 2.75) is 19.8 Å². The van der Waals surface area contributed by atoms with Crippen LogP contribution in [0.4, 0.5) is 0 Å². The smallest absolute Gasteiger partial charge is 0.241 e. The minimum absolute atomic E-state index is 0.163. The predicted octanol–water partition coefficient (Wildman–Crippen LogP) is 1.58. The van der Waals surface area contributed by atoms with Gasteiger partial charge in [0.1, 0.15) is 0 Å².